The molecule has 1 saturated heterocycles. The number of likely N-dealkylation sites (tertiary alicyclic amines) is 1. The Morgan fingerprint density at radius 3 is 2.86 bits per heavy atom. The van der Waals surface area contributed by atoms with Gasteiger partial charge in [0.1, 0.15) is 12.4 Å². The number of nitrogens with zero attached hydrogens (tertiary/aromatic N) is 4. The highest BCUT2D eigenvalue weighted by molar-refractivity contribution is 5.78. The maximum absolute atomic E-state index is 13.8. The van der Waals surface area contributed by atoms with Crippen LogP contribution in [0.1, 0.15) is 31.9 Å². The van der Waals surface area contributed by atoms with Crippen LogP contribution in [0.15, 0.2) is 30.5 Å². The lowest BCUT2D eigenvalue weighted by Crippen LogP contribution is -2.32. The van der Waals surface area contributed by atoms with Gasteiger partial charge in [0, 0.05) is 44.9 Å². The van der Waals surface area contributed by atoms with Crippen molar-refractivity contribution >= 4 is 11.9 Å². The van der Waals surface area contributed by atoms with Gasteiger partial charge in [-0.05, 0) is 38.0 Å². The van der Waals surface area contributed by atoms with E-state index in [2.05, 4.69) is 4.98 Å². The van der Waals surface area contributed by atoms with Gasteiger partial charge in [-0.25, -0.2) is 14.4 Å². The van der Waals surface area contributed by atoms with Crippen LogP contribution in [0.4, 0.5) is 10.3 Å². The molecule has 28 heavy (non-hydrogen) atoms. The lowest BCUT2D eigenvalue weighted by atomic mass is 9.96. The molecule has 2 aromatic rings. The number of amides is 1. The highest BCUT2D eigenvalue weighted by Gasteiger charge is 2.30. The predicted molar refractivity (Wildman–Crippen MR) is 107 cm³/mol. The summed E-state index contributed by atoms with van der Waals surface area (Å²) in [4.78, 5) is 25.2. The number of benzene rings is 1. The maximum Gasteiger partial charge on any atom is 0.248 e. The van der Waals surface area contributed by atoms with Gasteiger partial charge < -0.3 is 14.5 Å². The fourth-order valence-electron chi connectivity index (χ4n) is 3.33. The van der Waals surface area contributed by atoms with Crippen molar-refractivity contribution in [2.75, 3.05) is 38.7 Å². The third kappa shape index (κ3) is 4.65. The van der Waals surface area contributed by atoms with Crippen LogP contribution in [-0.2, 0) is 9.53 Å². The first-order chi connectivity index (χ1) is 13.3. The molecule has 1 aliphatic rings. The van der Waals surface area contributed by atoms with E-state index in [4.69, 9.17) is 9.72 Å². The van der Waals surface area contributed by atoms with Gasteiger partial charge in [0.2, 0.25) is 11.9 Å². The Balaban J connectivity index is 1.87. The first-order valence-electron chi connectivity index (χ1n) is 9.54. The van der Waals surface area contributed by atoms with E-state index in [1.165, 1.54) is 12.1 Å². The van der Waals surface area contributed by atoms with Crippen molar-refractivity contribution in [2.45, 2.75) is 32.3 Å². The summed E-state index contributed by atoms with van der Waals surface area (Å²) in [6.07, 6.45) is 2.57. The quantitative estimate of drug-likeness (QED) is 0.764. The van der Waals surface area contributed by atoms with Gasteiger partial charge in [-0.1, -0.05) is 12.1 Å². The Kier molecular flexibility index (Phi) is 6.24. The Morgan fingerprint density at radius 1 is 1.39 bits per heavy atom. The van der Waals surface area contributed by atoms with E-state index in [1.807, 2.05) is 43.8 Å². The number of ether oxygens (including phenoxy) is 1. The van der Waals surface area contributed by atoms with Crippen LogP contribution in [-0.4, -0.2) is 60.7 Å². The fourth-order valence-corrected chi connectivity index (χ4v) is 3.33. The summed E-state index contributed by atoms with van der Waals surface area (Å²) in [5.74, 6) is 0.366. The third-order valence-electron chi connectivity index (χ3n) is 4.81. The maximum atomic E-state index is 13.8. The minimum atomic E-state index is -0.297. The standard InChI is InChI=1S/C21H27FN4O2/c1-14(2)28-13-19(27)26-9-8-16(12-26)20-18(11-23-21(24-20)25(3)4)15-6-5-7-17(22)10-15/h5-7,10-11,14,16H,8-9,12-13H2,1-4H3/t16-/m0/s1. The van der Waals surface area contributed by atoms with Crippen molar-refractivity contribution in [3.8, 4) is 11.1 Å². The number of carbonyl (C=O) groups excluding carboxylic acids is 1. The van der Waals surface area contributed by atoms with Gasteiger partial charge in [-0.2, -0.15) is 0 Å². The number of hydrogen-bond acceptors (Lipinski definition) is 5. The summed E-state index contributed by atoms with van der Waals surface area (Å²) >= 11 is 0. The molecular formula is C21H27FN4O2. The van der Waals surface area contributed by atoms with E-state index in [0.29, 0.717) is 19.0 Å². The van der Waals surface area contributed by atoms with Crippen molar-refractivity contribution in [2.24, 2.45) is 0 Å². The van der Waals surface area contributed by atoms with Crippen molar-refractivity contribution < 1.29 is 13.9 Å². The molecule has 150 valence electrons. The fraction of sp³-hybridized carbons (Fsp3) is 0.476. The van der Waals surface area contributed by atoms with E-state index in [9.17, 15) is 9.18 Å². The first kappa shape index (κ1) is 20.2. The SMILES string of the molecule is CC(C)OCC(=O)N1CC[C@H](c2nc(N(C)C)ncc2-c2cccc(F)c2)C1. The Labute approximate surface area is 165 Å². The average molecular weight is 386 g/mol. The minimum absolute atomic E-state index is 0.00889. The number of carbonyl (C=O) groups is 1. The first-order valence-corrected chi connectivity index (χ1v) is 9.54. The molecular weight excluding hydrogens is 359 g/mol. The molecule has 1 fully saturated rings. The van der Waals surface area contributed by atoms with Gasteiger partial charge in [0.15, 0.2) is 0 Å². The molecule has 1 aromatic heterocycles. The van der Waals surface area contributed by atoms with E-state index >= 15 is 0 Å². The van der Waals surface area contributed by atoms with Crippen LogP contribution >= 0.6 is 0 Å². The zero-order valence-electron chi connectivity index (χ0n) is 16.9. The van der Waals surface area contributed by atoms with Crippen molar-refractivity contribution in [1.82, 2.24) is 14.9 Å². The monoisotopic (exact) mass is 386 g/mol. The minimum Gasteiger partial charge on any atom is -0.369 e. The molecule has 6 nitrogen and oxygen atoms in total. The van der Waals surface area contributed by atoms with E-state index in [1.54, 1.807) is 12.3 Å². The molecule has 1 amide bonds. The van der Waals surface area contributed by atoms with Crippen LogP contribution in [0.3, 0.4) is 0 Å². The zero-order valence-corrected chi connectivity index (χ0v) is 16.9. The van der Waals surface area contributed by atoms with Crippen LogP contribution < -0.4 is 4.90 Å². The topological polar surface area (TPSA) is 58.6 Å². The number of aromatic nitrogens is 2. The van der Waals surface area contributed by atoms with Gasteiger partial charge in [-0.3, -0.25) is 4.79 Å². The summed E-state index contributed by atoms with van der Waals surface area (Å²) in [6.45, 7) is 5.15. The summed E-state index contributed by atoms with van der Waals surface area (Å²) in [5, 5.41) is 0. The van der Waals surface area contributed by atoms with Crippen LogP contribution in [0.5, 0.6) is 0 Å². The van der Waals surface area contributed by atoms with Gasteiger partial charge in [-0.15, -0.1) is 0 Å². The third-order valence-corrected chi connectivity index (χ3v) is 4.81. The smallest absolute Gasteiger partial charge is 0.248 e. The highest BCUT2D eigenvalue weighted by atomic mass is 19.1. The number of anilines is 1. The molecule has 0 aliphatic carbocycles. The molecule has 0 saturated carbocycles. The molecule has 0 bridgehead atoms. The number of rotatable bonds is 6. The van der Waals surface area contributed by atoms with Crippen molar-refractivity contribution in [1.29, 1.82) is 0 Å². The van der Waals surface area contributed by atoms with Crippen molar-refractivity contribution in [3.05, 3.63) is 42.0 Å². The second-order valence-corrected chi connectivity index (χ2v) is 7.56. The Bertz CT molecular complexity index is 841. The van der Waals surface area contributed by atoms with Gasteiger partial charge in [0.05, 0.1) is 11.8 Å². The Hall–Kier alpha value is -2.54. The number of halogens is 1. The molecule has 1 atom stereocenters. The average Bonchev–Trinajstić information content (AvgIpc) is 3.15. The molecule has 0 N–H and O–H groups in total. The van der Waals surface area contributed by atoms with E-state index in [-0.39, 0.29) is 30.4 Å². The molecule has 3 rings (SSSR count). The predicted octanol–water partition coefficient (Wildman–Crippen LogP) is 3.09. The second-order valence-electron chi connectivity index (χ2n) is 7.56. The normalized spacial score (nSPS) is 16.6. The molecule has 0 spiro atoms. The van der Waals surface area contributed by atoms with Gasteiger partial charge in [0.25, 0.3) is 0 Å². The van der Waals surface area contributed by atoms with Crippen LogP contribution in [0.25, 0.3) is 11.1 Å². The molecule has 0 unspecified atom stereocenters. The summed E-state index contributed by atoms with van der Waals surface area (Å²) in [7, 11) is 3.77. The molecule has 7 heteroatoms. The van der Waals surface area contributed by atoms with E-state index in [0.717, 1.165) is 23.2 Å². The van der Waals surface area contributed by atoms with Crippen molar-refractivity contribution in [3.63, 3.8) is 0 Å². The molecule has 1 aliphatic heterocycles. The van der Waals surface area contributed by atoms with Crippen LogP contribution in [0, 0.1) is 5.82 Å². The molecule has 0 radical (unpaired) electrons. The van der Waals surface area contributed by atoms with E-state index < -0.39 is 0 Å². The van der Waals surface area contributed by atoms with Gasteiger partial charge >= 0.3 is 0 Å². The zero-order chi connectivity index (χ0) is 20.3. The summed E-state index contributed by atoms with van der Waals surface area (Å²) in [6, 6.07) is 6.45. The molecule has 2 heterocycles. The van der Waals surface area contributed by atoms with Crippen LogP contribution in [0.2, 0.25) is 0 Å². The lowest BCUT2D eigenvalue weighted by Gasteiger charge is -2.20. The second kappa shape index (κ2) is 8.65. The Morgan fingerprint density at radius 2 is 2.18 bits per heavy atom. The summed E-state index contributed by atoms with van der Waals surface area (Å²) in [5.41, 5.74) is 2.40. The summed E-state index contributed by atoms with van der Waals surface area (Å²) < 4.78 is 19.2. The molecule has 1 aromatic carbocycles. The highest BCUT2D eigenvalue weighted by Crippen LogP contribution is 2.34. The number of hydrogen-bond donors (Lipinski definition) is 0. The largest absolute Gasteiger partial charge is 0.369 e. The lowest BCUT2D eigenvalue weighted by molar-refractivity contribution is -0.136.